The molecule has 1 atom stereocenters. The number of allylic oxidation sites excluding steroid dienone is 2. The second-order valence-corrected chi connectivity index (χ2v) is 1.81. The van der Waals surface area contributed by atoms with Crippen molar-refractivity contribution in [3.8, 4) is 12.1 Å². The van der Waals surface area contributed by atoms with E-state index in [0.717, 1.165) is 0 Å². The Balaban J connectivity index is 4.86. The lowest BCUT2D eigenvalue weighted by atomic mass is 10.1. The largest absolute Gasteiger partial charge is 0.359 e. The minimum Gasteiger partial charge on any atom is -0.359 e. The molecule has 0 aromatic rings. The Morgan fingerprint density at radius 2 is 2.18 bits per heavy atom. The number of rotatable bonds is 2. The molecular formula is C7H7N3O. The molecule has 0 aliphatic heterocycles. The summed E-state index contributed by atoms with van der Waals surface area (Å²) in [6.07, 6.45) is 2.46. The van der Waals surface area contributed by atoms with Gasteiger partial charge in [-0.05, 0) is 6.08 Å². The third kappa shape index (κ3) is 2.23. The van der Waals surface area contributed by atoms with Crippen LogP contribution in [0.3, 0.4) is 0 Å². The van der Waals surface area contributed by atoms with Gasteiger partial charge >= 0.3 is 0 Å². The highest BCUT2D eigenvalue weighted by Crippen LogP contribution is 2.07. The summed E-state index contributed by atoms with van der Waals surface area (Å²) in [5, 5.41) is 25.6. The van der Waals surface area contributed by atoms with Gasteiger partial charge in [-0.2, -0.15) is 10.5 Å². The Bertz CT molecular complexity index is 264. The van der Waals surface area contributed by atoms with Crippen molar-refractivity contribution >= 4 is 0 Å². The first-order chi connectivity index (χ1) is 5.08. The molecule has 0 fully saturated rings. The first-order valence-electron chi connectivity index (χ1n) is 2.74. The van der Waals surface area contributed by atoms with Gasteiger partial charge in [0, 0.05) is 0 Å². The van der Waals surface area contributed by atoms with Gasteiger partial charge in [0.05, 0.1) is 5.57 Å². The quantitative estimate of drug-likeness (QED) is 0.246. The minimum atomic E-state index is -2.21. The molecule has 0 aliphatic carbocycles. The van der Waals surface area contributed by atoms with Crippen molar-refractivity contribution in [2.24, 2.45) is 5.73 Å². The van der Waals surface area contributed by atoms with Gasteiger partial charge in [-0.15, -0.1) is 0 Å². The summed E-state index contributed by atoms with van der Waals surface area (Å²) in [6, 6.07) is 2.96. The van der Waals surface area contributed by atoms with E-state index in [1.807, 2.05) is 0 Å². The number of aliphatic hydroxyl groups is 1. The Morgan fingerprint density at radius 3 is 2.45 bits per heavy atom. The summed E-state index contributed by atoms with van der Waals surface area (Å²) in [7, 11) is 0. The summed E-state index contributed by atoms with van der Waals surface area (Å²) >= 11 is 0. The van der Waals surface area contributed by atoms with Crippen molar-refractivity contribution in [1.29, 1.82) is 10.5 Å². The van der Waals surface area contributed by atoms with E-state index in [4.69, 9.17) is 21.4 Å². The third-order valence-electron chi connectivity index (χ3n) is 0.986. The van der Waals surface area contributed by atoms with Gasteiger partial charge in [-0.25, -0.2) is 0 Å². The Kier molecular flexibility index (Phi) is 3.01. The zero-order valence-electron chi connectivity index (χ0n) is 5.78. The fourth-order valence-electron chi connectivity index (χ4n) is 0.428. The second kappa shape index (κ2) is 3.52. The molecule has 11 heavy (non-hydrogen) atoms. The monoisotopic (exact) mass is 149 g/mol. The number of nitrogens with zero attached hydrogens (tertiary/aromatic N) is 2. The van der Waals surface area contributed by atoms with Crippen LogP contribution in [0.5, 0.6) is 0 Å². The minimum absolute atomic E-state index is 0.227. The van der Waals surface area contributed by atoms with Gasteiger partial charge in [0.1, 0.15) is 12.1 Å². The standard InChI is InChI=1S/C7H7N3O/c1-2-3-6(4-8)7(10,11)5-9/h2-3,11H,1,10H2. The molecule has 56 valence electrons. The predicted molar refractivity (Wildman–Crippen MR) is 38.6 cm³/mol. The molecule has 0 saturated carbocycles. The molecule has 0 aromatic heterocycles. The van der Waals surface area contributed by atoms with E-state index in [2.05, 4.69) is 6.58 Å². The van der Waals surface area contributed by atoms with E-state index in [9.17, 15) is 0 Å². The van der Waals surface area contributed by atoms with E-state index >= 15 is 0 Å². The Morgan fingerprint density at radius 1 is 1.64 bits per heavy atom. The molecule has 0 rings (SSSR count). The topological polar surface area (TPSA) is 93.8 Å². The molecule has 0 amide bonds. The lowest BCUT2D eigenvalue weighted by molar-refractivity contribution is 0.150. The zero-order valence-corrected chi connectivity index (χ0v) is 5.78. The van der Waals surface area contributed by atoms with Gasteiger partial charge in [0.15, 0.2) is 0 Å². The molecule has 1 unspecified atom stereocenters. The maximum atomic E-state index is 8.99. The van der Waals surface area contributed by atoms with Crippen LogP contribution in [0.2, 0.25) is 0 Å². The van der Waals surface area contributed by atoms with Crippen molar-refractivity contribution in [2.75, 3.05) is 0 Å². The van der Waals surface area contributed by atoms with Crippen molar-refractivity contribution in [3.05, 3.63) is 24.3 Å². The molecule has 0 aromatic carbocycles. The fourth-order valence-corrected chi connectivity index (χ4v) is 0.428. The number of hydrogen-bond donors (Lipinski definition) is 2. The predicted octanol–water partition coefficient (Wildman–Crippen LogP) is -0.207. The number of hydrogen-bond acceptors (Lipinski definition) is 4. The highest BCUT2D eigenvalue weighted by atomic mass is 16.3. The Hall–Kier alpha value is -1.62. The average molecular weight is 149 g/mol. The van der Waals surface area contributed by atoms with Crippen molar-refractivity contribution < 1.29 is 5.11 Å². The summed E-state index contributed by atoms with van der Waals surface area (Å²) in [4.78, 5) is 0. The van der Waals surface area contributed by atoms with E-state index in [0.29, 0.717) is 0 Å². The fraction of sp³-hybridized carbons (Fsp3) is 0.143. The number of nitrogens with two attached hydrogens (primary N) is 1. The lowest BCUT2D eigenvalue weighted by Crippen LogP contribution is -2.39. The zero-order chi connectivity index (χ0) is 8.91. The molecule has 0 bridgehead atoms. The van der Waals surface area contributed by atoms with Gasteiger partial charge in [0.25, 0.3) is 0 Å². The first-order valence-corrected chi connectivity index (χ1v) is 2.74. The maximum Gasteiger partial charge on any atom is 0.239 e. The highest BCUT2D eigenvalue weighted by Gasteiger charge is 2.25. The van der Waals surface area contributed by atoms with Gasteiger partial charge in [0.2, 0.25) is 5.72 Å². The van der Waals surface area contributed by atoms with E-state index in [1.54, 1.807) is 6.07 Å². The Labute approximate surface area is 64.5 Å². The smallest absolute Gasteiger partial charge is 0.239 e. The second-order valence-electron chi connectivity index (χ2n) is 1.81. The molecule has 4 nitrogen and oxygen atoms in total. The van der Waals surface area contributed by atoms with Crippen LogP contribution in [0.4, 0.5) is 0 Å². The molecule has 0 saturated heterocycles. The normalized spacial score (nSPS) is 15.8. The summed E-state index contributed by atoms with van der Waals surface area (Å²) in [5.41, 5.74) is 2.58. The molecule has 0 aliphatic rings. The average Bonchev–Trinajstić information content (AvgIpc) is 2.00. The van der Waals surface area contributed by atoms with Gasteiger partial charge in [-0.3, -0.25) is 5.73 Å². The highest BCUT2D eigenvalue weighted by molar-refractivity contribution is 5.37. The van der Waals surface area contributed by atoms with Crippen molar-refractivity contribution in [2.45, 2.75) is 5.72 Å². The molecular weight excluding hydrogens is 142 g/mol. The summed E-state index contributed by atoms with van der Waals surface area (Å²) in [5.74, 6) is 0. The number of nitriles is 2. The van der Waals surface area contributed by atoms with Crippen molar-refractivity contribution in [3.63, 3.8) is 0 Å². The molecule has 0 spiro atoms. The van der Waals surface area contributed by atoms with Gasteiger partial charge < -0.3 is 5.11 Å². The third-order valence-corrected chi connectivity index (χ3v) is 0.986. The van der Waals surface area contributed by atoms with Gasteiger partial charge in [-0.1, -0.05) is 12.7 Å². The van der Waals surface area contributed by atoms with Crippen LogP contribution in [0.25, 0.3) is 0 Å². The lowest BCUT2D eigenvalue weighted by Gasteiger charge is -2.10. The SMILES string of the molecule is C=CC=C(C#N)C(N)(O)C#N. The summed E-state index contributed by atoms with van der Waals surface area (Å²) in [6.45, 7) is 3.29. The maximum absolute atomic E-state index is 8.99. The van der Waals surface area contributed by atoms with E-state index in [-0.39, 0.29) is 5.57 Å². The van der Waals surface area contributed by atoms with Crippen LogP contribution in [0, 0.1) is 22.7 Å². The summed E-state index contributed by atoms with van der Waals surface area (Å²) < 4.78 is 0. The van der Waals surface area contributed by atoms with Crippen LogP contribution in [0.1, 0.15) is 0 Å². The molecule has 3 N–H and O–H groups in total. The van der Waals surface area contributed by atoms with Crippen LogP contribution in [-0.2, 0) is 0 Å². The van der Waals surface area contributed by atoms with Crippen LogP contribution in [0.15, 0.2) is 24.3 Å². The van der Waals surface area contributed by atoms with Crippen LogP contribution in [-0.4, -0.2) is 10.8 Å². The van der Waals surface area contributed by atoms with Crippen molar-refractivity contribution in [1.82, 2.24) is 0 Å². The van der Waals surface area contributed by atoms with Crippen LogP contribution < -0.4 is 5.73 Å². The molecule has 0 heterocycles. The van der Waals surface area contributed by atoms with E-state index in [1.165, 1.54) is 18.2 Å². The molecule has 0 radical (unpaired) electrons. The molecule has 4 heteroatoms. The van der Waals surface area contributed by atoms with Crippen LogP contribution >= 0.6 is 0 Å². The first kappa shape index (κ1) is 9.38. The van der Waals surface area contributed by atoms with E-state index < -0.39 is 5.72 Å².